The highest BCUT2D eigenvalue weighted by molar-refractivity contribution is 5.80. The van der Waals surface area contributed by atoms with Crippen LogP contribution in [0.25, 0.3) is 22.4 Å². The lowest BCUT2D eigenvalue weighted by molar-refractivity contribution is 0.312. The van der Waals surface area contributed by atoms with Gasteiger partial charge in [-0.05, 0) is 12.5 Å². The standard InChI is InChI=1S/C18H16N2O2/c1-2-22-18-19-16(14-11-7-4-8-12-14)15(17(21)20-18)13-9-5-3-6-10-13/h3-12H,2H2,1H3,(H,19,20,21). The van der Waals surface area contributed by atoms with Gasteiger partial charge in [-0.25, -0.2) is 0 Å². The molecule has 0 saturated carbocycles. The lowest BCUT2D eigenvalue weighted by atomic mass is 10.0. The molecule has 0 radical (unpaired) electrons. The average Bonchev–Trinajstić information content (AvgIpc) is 2.56. The molecular weight excluding hydrogens is 276 g/mol. The van der Waals surface area contributed by atoms with Crippen LogP contribution in [0.5, 0.6) is 6.01 Å². The van der Waals surface area contributed by atoms with Crippen LogP contribution in [-0.4, -0.2) is 16.6 Å². The number of hydrogen-bond donors (Lipinski definition) is 1. The Bertz CT molecular complexity index is 811. The second-order valence-corrected chi connectivity index (χ2v) is 4.76. The molecule has 2 aromatic carbocycles. The summed E-state index contributed by atoms with van der Waals surface area (Å²) < 4.78 is 5.37. The van der Waals surface area contributed by atoms with E-state index in [-0.39, 0.29) is 11.6 Å². The Morgan fingerprint density at radius 3 is 2.14 bits per heavy atom. The zero-order valence-corrected chi connectivity index (χ0v) is 12.2. The predicted molar refractivity (Wildman–Crippen MR) is 86.9 cm³/mol. The van der Waals surface area contributed by atoms with E-state index in [0.29, 0.717) is 17.9 Å². The lowest BCUT2D eigenvalue weighted by Gasteiger charge is -2.10. The van der Waals surface area contributed by atoms with Crippen LogP contribution in [0, 0.1) is 0 Å². The maximum atomic E-state index is 12.5. The van der Waals surface area contributed by atoms with Gasteiger partial charge >= 0.3 is 0 Å². The molecule has 1 aromatic heterocycles. The number of ether oxygens (including phenoxy) is 1. The van der Waals surface area contributed by atoms with Gasteiger partial charge in [0.05, 0.1) is 17.9 Å². The Morgan fingerprint density at radius 1 is 0.955 bits per heavy atom. The summed E-state index contributed by atoms with van der Waals surface area (Å²) in [6.45, 7) is 2.30. The van der Waals surface area contributed by atoms with Crippen LogP contribution in [0.15, 0.2) is 65.5 Å². The van der Waals surface area contributed by atoms with E-state index in [1.54, 1.807) is 0 Å². The van der Waals surface area contributed by atoms with Crippen LogP contribution in [0.4, 0.5) is 0 Å². The Hall–Kier alpha value is -2.88. The molecule has 1 N–H and O–H groups in total. The highest BCUT2D eigenvalue weighted by Crippen LogP contribution is 2.28. The second kappa shape index (κ2) is 6.26. The summed E-state index contributed by atoms with van der Waals surface area (Å²) in [5.41, 5.74) is 2.68. The number of benzene rings is 2. The molecule has 3 rings (SSSR count). The van der Waals surface area contributed by atoms with Gasteiger partial charge in [0.1, 0.15) is 0 Å². The maximum Gasteiger partial charge on any atom is 0.297 e. The van der Waals surface area contributed by atoms with E-state index in [1.807, 2.05) is 67.6 Å². The molecule has 4 nitrogen and oxygen atoms in total. The van der Waals surface area contributed by atoms with E-state index >= 15 is 0 Å². The van der Waals surface area contributed by atoms with Crippen LogP contribution in [-0.2, 0) is 0 Å². The van der Waals surface area contributed by atoms with Crippen LogP contribution < -0.4 is 10.3 Å². The quantitative estimate of drug-likeness (QED) is 0.800. The van der Waals surface area contributed by atoms with Crippen molar-refractivity contribution in [2.75, 3.05) is 6.61 Å². The molecule has 0 aliphatic carbocycles. The van der Waals surface area contributed by atoms with E-state index in [2.05, 4.69) is 9.97 Å². The van der Waals surface area contributed by atoms with Gasteiger partial charge in [-0.1, -0.05) is 60.7 Å². The van der Waals surface area contributed by atoms with Crippen molar-refractivity contribution in [3.63, 3.8) is 0 Å². The summed E-state index contributed by atoms with van der Waals surface area (Å²) in [6.07, 6.45) is 0. The summed E-state index contributed by atoms with van der Waals surface area (Å²) in [5, 5.41) is 0. The van der Waals surface area contributed by atoms with E-state index in [4.69, 9.17) is 4.74 Å². The number of nitrogens with one attached hydrogen (secondary N) is 1. The number of H-pyrrole nitrogens is 1. The van der Waals surface area contributed by atoms with E-state index in [9.17, 15) is 4.79 Å². The van der Waals surface area contributed by atoms with Crippen molar-refractivity contribution in [2.24, 2.45) is 0 Å². The number of rotatable bonds is 4. The fourth-order valence-electron chi connectivity index (χ4n) is 2.34. The lowest BCUT2D eigenvalue weighted by Crippen LogP contribution is -2.14. The molecule has 0 bridgehead atoms. The molecule has 0 atom stereocenters. The van der Waals surface area contributed by atoms with Gasteiger partial charge in [-0.3, -0.25) is 9.78 Å². The van der Waals surface area contributed by atoms with Crippen LogP contribution in [0.1, 0.15) is 6.92 Å². The van der Waals surface area contributed by atoms with Crippen molar-refractivity contribution in [3.05, 3.63) is 71.0 Å². The molecule has 0 aliphatic heterocycles. The third-order valence-corrected chi connectivity index (χ3v) is 3.29. The highest BCUT2D eigenvalue weighted by Gasteiger charge is 2.15. The largest absolute Gasteiger partial charge is 0.465 e. The van der Waals surface area contributed by atoms with Crippen molar-refractivity contribution in [3.8, 4) is 28.4 Å². The average molecular weight is 292 g/mol. The zero-order chi connectivity index (χ0) is 15.4. The second-order valence-electron chi connectivity index (χ2n) is 4.76. The molecule has 0 amide bonds. The summed E-state index contributed by atoms with van der Waals surface area (Å²) in [7, 11) is 0. The van der Waals surface area contributed by atoms with Crippen molar-refractivity contribution in [1.29, 1.82) is 0 Å². The highest BCUT2D eigenvalue weighted by atomic mass is 16.5. The van der Waals surface area contributed by atoms with Gasteiger partial charge in [0, 0.05) is 5.56 Å². The molecule has 110 valence electrons. The molecule has 1 heterocycles. The SMILES string of the molecule is CCOc1nc(-c2ccccc2)c(-c2ccccc2)c(=O)[nH]1. The van der Waals surface area contributed by atoms with Gasteiger partial charge in [0.15, 0.2) is 0 Å². The van der Waals surface area contributed by atoms with Gasteiger partial charge in [0.2, 0.25) is 0 Å². The first-order chi connectivity index (χ1) is 10.8. The van der Waals surface area contributed by atoms with Gasteiger partial charge in [-0.15, -0.1) is 0 Å². The van der Waals surface area contributed by atoms with E-state index in [0.717, 1.165) is 11.1 Å². The summed E-state index contributed by atoms with van der Waals surface area (Å²) >= 11 is 0. The van der Waals surface area contributed by atoms with Crippen LogP contribution in [0.3, 0.4) is 0 Å². The van der Waals surface area contributed by atoms with E-state index in [1.165, 1.54) is 0 Å². The Morgan fingerprint density at radius 2 is 1.55 bits per heavy atom. The molecule has 3 aromatic rings. The first-order valence-electron chi connectivity index (χ1n) is 7.17. The number of nitrogens with zero attached hydrogens (tertiary/aromatic N) is 1. The third-order valence-electron chi connectivity index (χ3n) is 3.29. The van der Waals surface area contributed by atoms with E-state index < -0.39 is 0 Å². The number of aromatic nitrogens is 2. The summed E-state index contributed by atoms with van der Waals surface area (Å²) in [5.74, 6) is 0. The molecule has 0 fully saturated rings. The minimum absolute atomic E-state index is 0.205. The van der Waals surface area contributed by atoms with Crippen molar-refractivity contribution in [2.45, 2.75) is 6.92 Å². The third kappa shape index (κ3) is 2.76. The molecule has 4 heteroatoms. The molecule has 0 aliphatic rings. The Balaban J connectivity index is 2.26. The minimum atomic E-state index is -0.205. The fraction of sp³-hybridized carbons (Fsp3) is 0.111. The molecular formula is C18H16N2O2. The van der Waals surface area contributed by atoms with Crippen LogP contribution in [0.2, 0.25) is 0 Å². The minimum Gasteiger partial charge on any atom is -0.465 e. The maximum absolute atomic E-state index is 12.5. The Kier molecular flexibility index (Phi) is 4.01. The molecule has 0 saturated heterocycles. The fourth-order valence-corrected chi connectivity index (χ4v) is 2.34. The summed E-state index contributed by atoms with van der Waals surface area (Å²) in [6, 6.07) is 19.4. The first kappa shape index (κ1) is 14.1. The van der Waals surface area contributed by atoms with Crippen molar-refractivity contribution < 1.29 is 4.74 Å². The molecule has 22 heavy (non-hydrogen) atoms. The van der Waals surface area contributed by atoms with Crippen molar-refractivity contribution >= 4 is 0 Å². The monoisotopic (exact) mass is 292 g/mol. The molecule has 0 spiro atoms. The first-order valence-corrected chi connectivity index (χ1v) is 7.17. The van der Waals surface area contributed by atoms with Crippen LogP contribution >= 0.6 is 0 Å². The predicted octanol–water partition coefficient (Wildman–Crippen LogP) is 3.50. The zero-order valence-electron chi connectivity index (χ0n) is 12.2. The van der Waals surface area contributed by atoms with Gasteiger partial charge in [0.25, 0.3) is 11.6 Å². The number of aromatic amines is 1. The normalized spacial score (nSPS) is 10.4. The van der Waals surface area contributed by atoms with Gasteiger partial charge in [-0.2, -0.15) is 4.98 Å². The van der Waals surface area contributed by atoms with Gasteiger partial charge < -0.3 is 4.74 Å². The summed E-state index contributed by atoms with van der Waals surface area (Å²) in [4.78, 5) is 19.7. The smallest absolute Gasteiger partial charge is 0.297 e. The topological polar surface area (TPSA) is 55.0 Å². The van der Waals surface area contributed by atoms with Crippen molar-refractivity contribution in [1.82, 2.24) is 9.97 Å². The Labute approximate surface area is 128 Å². The molecule has 0 unspecified atom stereocenters. The number of hydrogen-bond acceptors (Lipinski definition) is 3.